The van der Waals surface area contributed by atoms with E-state index in [0.29, 0.717) is 15.7 Å². The minimum Gasteiger partial charge on any atom is -0.381 e. The third kappa shape index (κ3) is 3.13. The van der Waals surface area contributed by atoms with Crippen molar-refractivity contribution in [3.8, 4) is 0 Å². The Hall–Kier alpha value is -0.720. The van der Waals surface area contributed by atoms with Crippen LogP contribution in [-0.4, -0.2) is 6.54 Å². The lowest BCUT2D eigenvalue weighted by Gasteiger charge is -2.14. The molecule has 0 atom stereocenters. The van der Waals surface area contributed by atoms with Gasteiger partial charge in [0.25, 0.3) is 0 Å². The third-order valence-electron chi connectivity index (χ3n) is 2.04. The van der Waals surface area contributed by atoms with Crippen molar-refractivity contribution in [2.75, 3.05) is 11.9 Å². The first kappa shape index (κ1) is 13.3. The molecule has 0 heterocycles. The lowest BCUT2D eigenvalue weighted by molar-refractivity contribution is -0.137. The van der Waals surface area contributed by atoms with Gasteiger partial charge in [0.2, 0.25) is 0 Å². The first-order chi connectivity index (χ1) is 7.36. The van der Waals surface area contributed by atoms with Crippen LogP contribution in [0.15, 0.2) is 24.8 Å². The summed E-state index contributed by atoms with van der Waals surface area (Å²) in [6.45, 7) is 5.73. The van der Waals surface area contributed by atoms with Crippen molar-refractivity contribution in [2.45, 2.75) is 13.1 Å². The van der Waals surface area contributed by atoms with Gasteiger partial charge in [-0.25, -0.2) is 0 Å². The summed E-state index contributed by atoms with van der Waals surface area (Å²) in [6, 6.07) is 2.28. The second kappa shape index (κ2) is 5.07. The van der Waals surface area contributed by atoms with Gasteiger partial charge in [-0.3, -0.25) is 0 Å². The molecule has 0 spiro atoms. The Morgan fingerprint density at radius 1 is 1.44 bits per heavy atom. The maximum Gasteiger partial charge on any atom is 0.416 e. The molecule has 0 unspecified atom stereocenters. The average molecular weight is 341 g/mol. The molecule has 0 aliphatic heterocycles. The Kier molecular flexibility index (Phi) is 4.23. The number of hydrogen-bond donors (Lipinski definition) is 1. The van der Waals surface area contributed by atoms with Crippen LogP contribution in [0.4, 0.5) is 18.9 Å². The van der Waals surface area contributed by atoms with E-state index in [9.17, 15) is 13.2 Å². The van der Waals surface area contributed by atoms with E-state index in [1.54, 1.807) is 13.0 Å². The van der Waals surface area contributed by atoms with Crippen LogP contribution in [0.1, 0.15) is 11.1 Å². The monoisotopic (exact) mass is 341 g/mol. The molecule has 0 amide bonds. The molecule has 0 aliphatic carbocycles. The Bertz CT molecular complexity index is 376. The van der Waals surface area contributed by atoms with Gasteiger partial charge in [-0.05, 0) is 47.2 Å². The van der Waals surface area contributed by atoms with Crippen molar-refractivity contribution in [1.82, 2.24) is 0 Å². The smallest absolute Gasteiger partial charge is 0.381 e. The highest BCUT2D eigenvalue weighted by Gasteiger charge is 2.31. The van der Waals surface area contributed by atoms with E-state index in [2.05, 4.69) is 11.9 Å². The summed E-state index contributed by atoms with van der Waals surface area (Å²) in [5, 5.41) is 3.02. The van der Waals surface area contributed by atoms with Gasteiger partial charge in [0.15, 0.2) is 0 Å². The molecule has 0 aromatic heterocycles. The SMILES string of the molecule is C=CCNc1c(C)cc(C(F)(F)F)cc1I. The number of halogens is 4. The van der Waals surface area contributed by atoms with Crippen molar-refractivity contribution in [3.05, 3.63) is 39.5 Å². The van der Waals surface area contributed by atoms with Crippen LogP contribution in [0.2, 0.25) is 0 Å². The number of aryl methyl sites for hydroxylation is 1. The van der Waals surface area contributed by atoms with Crippen LogP contribution in [-0.2, 0) is 6.18 Å². The van der Waals surface area contributed by atoms with E-state index in [1.165, 1.54) is 0 Å². The first-order valence-electron chi connectivity index (χ1n) is 4.58. The van der Waals surface area contributed by atoms with E-state index >= 15 is 0 Å². The molecule has 5 heteroatoms. The molecule has 1 N–H and O–H groups in total. The Morgan fingerprint density at radius 3 is 2.50 bits per heavy atom. The van der Waals surface area contributed by atoms with Gasteiger partial charge < -0.3 is 5.32 Å². The van der Waals surface area contributed by atoms with Crippen molar-refractivity contribution in [3.63, 3.8) is 0 Å². The Balaban J connectivity index is 3.12. The molecule has 0 radical (unpaired) electrons. The molecular formula is C11H11F3IN. The Labute approximate surface area is 106 Å². The highest BCUT2D eigenvalue weighted by molar-refractivity contribution is 14.1. The van der Waals surface area contributed by atoms with E-state index in [4.69, 9.17) is 0 Å². The van der Waals surface area contributed by atoms with Crippen LogP contribution >= 0.6 is 22.6 Å². The molecule has 88 valence electrons. The van der Waals surface area contributed by atoms with Gasteiger partial charge in [-0.1, -0.05) is 6.08 Å². The molecule has 0 bridgehead atoms. The van der Waals surface area contributed by atoms with Crippen molar-refractivity contribution in [2.24, 2.45) is 0 Å². The summed E-state index contributed by atoms with van der Waals surface area (Å²) in [5.41, 5.74) is 0.702. The summed E-state index contributed by atoms with van der Waals surface area (Å²) in [7, 11) is 0. The predicted molar refractivity (Wildman–Crippen MR) is 67.6 cm³/mol. The molecular weight excluding hydrogens is 330 g/mol. The minimum atomic E-state index is -4.29. The predicted octanol–water partition coefficient (Wildman–Crippen LogP) is 4.22. The number of rotatable bonds is 3. The van der Waals surface area contributed by atoms with E-state index in [-0.39, 0.29) is 0 Å². The number of alkyl halides is 3. The Morgan fingerprint density at radius 2 is 2.06 bits per heavy atom. The molecule has 0 fully saturated rings. The zero-order valence-corrected chi connectivity index (χ0v) is 10.8. The van der Waals surface area contributed by atoms with Crippen LogP contribution in [0.3, 0.4) is 0 Å². The van der Waals surface area contributed by atoms with Crippen molar-refractivity contribution < 1.29 is 13.2 Å². The number of nitrogens with one attached hydrogen (secondary N) is 1. The summed E-state index contributed by atoms with van der Waals surface area (Å²) in [5.74, 6) is 0. The molecule has 16 heavy (non-hydrogen) atoms. The second-order valence-corrected chi connectivity index (χ2v) is 4.48. The number of anilines is 1. The van der Waals surface area contributed by atoms with E-state index < -0.39 is 11.7 Å². The van der Waals surface area contributed by atoms with Gasteiger partial charge >= 0.3 is 6.18 Å². The van der Waals surface area contributed by atoms with Gasteiger partial charge in [0, 0.05) is 10.1 Å². The number of hydrogen-bond acceptors (Lipinski definition) is 1. The fraction of sp³-hybridized carbons (Fsp3) is 0.273. The van der Waals surface area contributed by atoms with Crippen LogP contribution in [0.5, 0.6) is 0 Å². The maximum atomic E-state index is 12.5. The number of benzene rings is 1. The van der Waals surface area contributed by atoms with E-state index in [0.717, 1.165) is 17.8 Å². The van der Waals surface area contributed by atoms with Gasteiger partial charge in [0.05, 0.1) is 11.3 Å². The highest BCUT2D eigenvalue weighted by atomic mass is 127. The second-order valence-electron chi connectivity index (χ2n) is 3.32. The molecule has 1 aromatic rings. The summed E-state index contributed by atoms with van der Waals surface area (Å²) in [6.07, 6.45) is -2.63. The van der Waals surface area contributed by atoms with E-state index in [1.807, 2.05) is 22.6 Å². The van der Waals surface area contributed by atoms with Gasteiger partial charge in [-0.15, -0.1) is 6.58 Å². The molecule has 1 nitrogen and oxygen atoms in total. The normalized spacial score (nSPS) is 11.3. The topological polar surface area (TPSA) is 12.0 Å². The molecule has 0 aliphatic rings. The minimum absolute atomic E-state index is 0.530. The largest absolute Gasteiger partial charge is 0.416 e. The average Bonchev–Trinajstić information content (AvgIpc) is 2.15. The van der Waals surface area contributed by atoms with Crippen LogP contribution in [0.25, 0.3) is 0 Å². The van der Waals surface area contributed by atoms with Crippen LogP contribution < -0.4 is 5.32 Å². The quantitative estimate of drug-likeness (QED) is 0.641. The molecule has 0 saturated heterocycles. The third-order valence-corrected chi connectivity index (χ3v) is 2.89. The zero-order valence-electron chi connectivity index (χ0n) is 8.66. The highest BCUT2D eigenvalue weighted by Crippen LogP contribution is 2.34. The van der Waals surface area contributed by atoms with Crippen LogP contribution in [0, 0.1) is 10.5 Å². The lowest BCUT2D eigenvalue weighted by Crippen LogP contribution is -2.08. The standard InChI is InChI=1S/C11H11F3IN/c1-3-4-16-10-7(2)5-8(6-9(10)15)11(12,13)14/h3,5-6,16H,1,4H2,2H3. The first-order valence-corrected chi connectivity index (χ1v) is 5.66. The van der Waals surface area contributed by atoms with Gasteiger partial charge in [-0.2, -0.15) is 13.2 Å². The van der Waals surface area contributed by atoms with Gasteiger partial charge in [0.1, 0.15) is 0 Å². The van der Waals surface area contributed by atoms with Crippen molar-refractivity contribution >= 4 is 28.3 Å². The summed E-state index contributed by atoms with van der Waals surface area (Å²) in [4.78, 5) is 0. The summed E-state index contributed by atoms with van der Waals surface area (Å²) >= 11 is 1.89. The molecule has 0 saturated carbocycles. The molecule has 1 aromatic carbocycles. The molecule has 1 rings (SSSR count). The summed E-state index contributed by atoms with van der Waals surface area (Å²) < 4.78 is 38.0. The zero-order chi connectivity index (χ0) is 12.3. The fourth-order valence-electron chi connectivity index (χ4n) is 1.31. The fourth-order valence-corrected chi connectivity index (χ4v) is 2.26. The van der Waals surface area contributed by atoms with Crippen molar-refractivity contribution in [1.29, 1.82) is 0 Å². The lowest BCUT2D eigenvalue weighted by atomic mass is 10.1. The maximum absolute atomic E-state index is 12.5.